The molecular weight excluding hydrogens is 326 g/mol. The van der Waals surface area contributed by atoms with Crippen LogP contribution in [0.2, 0.25) is 0 Å². The molecule has 1 aliphatic rings. The van der Waals surface area contributed by atoms with Gasteiger partial charge in [-0.3, -0.25) is 9.59 Å². The third-order valence-corrected chi connectivity index (χ3v) is 4.97. The van der Waals surface area contributed by atoms with E-state index >= 15 is 0 Å². The summed E-state index contributed by atoms with van der Waals surface area (Å²) in [5, 5.41) is 0. The highest BCUT2D eigenvalue weighted by atomic mass is 16.5. The number of nitrogens with zero attached hydrogens (tertiary/aromatic N) is 1. The maximum Gasteiger partial charge on any atom is 0.306 e. The average molecular weight is 351 g/mol. The van der Waals surface area contributed by atoms with Crippen LogP contribution in [0.3, 0.4) is 0 Å². The van der Waals surface area contributed by atoms with Crippen LogP contribution in [0, 0.1) is 5.92 Å². The molecule has 0 saturated carbocycles. The van der Waals surface area contributed by atoms with Crippen LogP contribution in [0.5, 0.6) is 0 Å². The van der Waals surface area contributed by atoms with E-state index in [1.807, 2.05) is 65.6 Å². The van der Waals surface area contributed by atoms with Crippen LogP contribution in [0.4, 0.5) is 0 Å². The molecule has 0 spiro atoms. The summed E-state index contributed by atoms with van der Waals surface area (Å²) in [4.78, 5) is 26.4. The van der Waals surface area contributed by atoms with Crippen molar-refractivity contribution in [3.63, 3.8) is 0 Å². The zero-order valence-electron chi connectivity index (χ0n) is 15.1. The minimum Gasteiger partial charge on any atom is -0.461 e. The van der Waals surface area contributed by atoms with Crippen molar-refractivity contribution >= 4 is 11.9 Å². The smallest absolute Gasteiger partial charge is 0.306 e. The Morgan fingerprint density at radius 3 is 2.35 bits per heavy atom. The summed E-state index contributed by atoms with van der Waals surface area (Å²) in [6.07, 6.45) is 2.17. The van der Waals surface area contributed by atoms with Gasteiger partial charge in [0.25, 0.3) is 0 Å². The Kier molecular flexibility index (Phi) is 6.05. The highest BCUT2D eigenvalue weighted by molar-refractivity contribution is 5.74. The number of benzene rings is 2. The van der Waals surface area contributed by atoms with E-state index in [4.69, 9.17) is 4.74 Å². The third kappa shape index (κ3) is 4.51. The second-order valence-electron chi connectivity index (χ2n) is 6.82. The maximum atomic E-state index is 12.4. The summed E-state index contributed by atoms with van der Waals surface area (Å²) in [6.45, 7) is 2.63. The molecule has 1 heterocycles. The molecule has 1 amide bonds. The minimum atomic E-state index is -0.204. The normalized spacial score (nSPS) is 19.8. The van der Waals surface area contributed by atoms with Crippen LogP contribution < -0.4 is 0 Å². The summed E-state index contributed by atoms with van der Waals surface area (Å²) in [6, 6.07) is 19.6. The lowest BCUT2D eigenvalue weighted by atomic mass is 9.82. The topological polar surface area (TPSA) is 46.6 Å². The van der Waals surface area contributed by atoms with Crippen LogP contribution >= 0.6 is 0 Å². The molecule has 2 aromatic rings. The molecular formula is C22H25NO3. The number of carbonyl (C=O) groups excluding carboxylic acids is 2. The molecule has 0 unspecified atom stereocenters. The predicted molar refractivity (Wildman–Crippen MR) is 100 cm³/mol. The Morgan fingerprint density at radius 2 is 1.69 bits per heavy atom. The number of ether oxygens (including phenoxy) is 1. The zero-order valence-corrected chi connectivity index (χ0v) is 15.1. The fourth-order valence-corrected chi connectivity index (χ4v) is 3.76. The fraction of sp³-hybridized carbons (Fsp3) is 0.364. The van der Waals surface area contributed by atoms with Gasteiger partial charge in [0, 0.05) is 13.5 Å². The molecule has 0 aliphatic carbocycles. The molecule has 0 N–H and O–H groups in total. The summed E-state index contributed by atoms with van der Waals surface area (Å²) in [5.74, 6) is -0.0651. The van der Waals surface area contributed by atoms with Gasteiger partial charge < -0.3 is 9.64 Å². The van der Waals surface area contributed by atoms with Crippen molar-refractivity contribution in [3.8, 4) is 0 Å². The van der Waals surface area contributed by atoms with E-state index in [2.05, 4.69) is 0 Å². The van der Waals surface area contributed by atoms with Gasteiger partial charge in [-0.25, -0.2) is 0 Å². The maximum absolute atomic E-state index is 12.4. The molecule has 2 aromatic carbocycles. The number of esters is 1. The van der Waals surface area contributed by atoms with Gasteiger partial charge in [0.2, 0.25) is 5.91 Å². The van der Waals surface area contributed by atoms with Crippen molar-refractivity contribution in [1.29, 1.82) is 0 Å². The number of hydrogen-bond acceptors (Lipinski definition) is 3. The molecule has 1 aliphatic heterocycles. The summed E-state index contributed by atoms with van der Waals surface area (Å²) >= 11 is 0. The highest BCUT2D eigenvalue weighted by Gasteiger charge is 2.35. The molecule has 136 valence electrons. The monoisotopic (exact) mass is 351 g/mol. The van der Waals surface area contributed by atoms with E-state index in [1.54, 1.807) is 6.92 Å². The van der Waals surface area contributed by atoms with E-state index in [0.29, 0.717) is 13.0 Å². The standard InChI is InChI=1S/C22H25NO3/c1-17(24)23-14-8-13-20(22(23)19-11-6-3-7-12-19)15-21(25)26-16-18-9-4-2-5-10-18/h2-7,9-12,20,22H,8,13-16H2,1H3/t20-,22+/m1/s1. The van der Waals surface area contributed by atoms with E-state index in [0.717, 1.165) is 30.5 Å². The predicted octanol–water partition coefficient (Wildman–Crippen LogP) is 4.12. The summed E-state index contributed by atoms with van der Waals surface area (Å²) in [5.41, 5.74) is 2.07. The summed E-state index contributed by atoms with van der Waals surface area (Å²) < 4.78 is 5.47. The van der Waals surface area contributed by atoms with Crippen LogP contribution in [0.1, 0.15) is 43.4 Å². The quantitative estimate of drug-likeness (QED) is 0.761. The second-order valence-corrected chi connectivity index (χ2v) is 6.82. The second kappa shape index (κ2) is 8.65. The number of likely N-dealkylation sites (tertiary alicyclic amines) is 1. The number of amides is 1. The number of carbonyl (C=O) groups is 2. The van der Waals surface area contributed by atoms with Crippen molar-refractivity contribution in [2.45, 2.75) is 38.8 Å². The van der Waals surface area contributed by atoms with Gasteiger partial charge in [0.15, 0.2) is 0 Å². The Balaban J connectivity index is 1.69. The Hall–Kier alpha value is -2.62. The largest absolute Gasteiger partial charge is 0.461 e. The number of hydrogen-bond donors (Lipinski definition) is 0. The summed E-state index contributed by atoms with van der Waals surface area (Å²) in [7, 11) is 0. The zero-order chi connectivity index (χ0) is 18.4. The lowest BCUT2D eigenvalue weighted by Crippen LogP contribution is -2.42. The molecule has 3 rings (SSSR count). The first kappa shape index (κ1) is 18.2. The Bertz CT molecular complexity index is 730. The SMILES string of the molecule is CC(=O)N1CCC[C@H](CC(=O)OCc2ccccc2)[C@@H]1c1ccccc1. The first-order valence-electron chi connectivity index (χ1n) is 9.17. The van der Waals surface area contributed by atoms with Crippen molar-refractivity contribution in [2.24, 2.45) is 5.92 Å². The third-order valence-electron chi connectivity index (χ3n) is 4.97. The van der Waals surface area contributed by atoms with E-state index in [-0.39, 0.29) is 23.8 Å². The van der Waals surface area contributed by atoms with Crippen LogP contribution in [-0.4, -0.2) is 23.3 Å². The van der Waals surface area contributed by atoms with Gasteiger partial charge in [0.1, 0.15) is 6.61 Å². The molecule has 0 aromatic heterocycles. The molecule has 0 bridgehead atoms. The molecule has 4 heteroatoms. The highest BCUT2D eigenvalue weighted by Crippen LogP contribution is 2.38. The van der Waals surface area contributed by atoms with Crippen molar-refractivity contribution in [1.82, 2.24) is 4.90 Å². The lowest BCUT2D eigenvalue weighted by Gasteiger charge is -2.41. The first-order chi connectivity index (χ1) is 12.6. The molecule has 1 saturated heterocycles. The van der Waals surface area contributed by atoms with Gasteiger partial charge >= 0.3 is 5.97 Å². The van der Waals surface area contributed by atoms with Gasteiger partial charge in [-0.2, -0.15) is 0 Å². The molecule has 1 fully saturated rings. The van der Waals surface area contributed by atoms with Crippen LogP contribution in [0.15, 0.2) is 60.7 Å². The molecule has 26 heavy (non-hydrogen) atoms. The van der Waals surface area contributed by atoms with E-state index in [1.165, 1.54) is 0 Å². The number of piperidine rings is 1. The Morgan fingerprint density at radius 1 is 1.04 bits per heavy atom. The average Bonchev–Trinajstić information content (AvgIpc) is 2.67. The van der Waals surface area contributed by atoms with Gasteiger partial charge in [-0.05, 0) is 29.9 Å². The van der Waals surface area contributed by atoms with Crippen molar-refractivity contribution in [3.05, 3.63) is 71.8 Å². The van der Waals surface area contributed by atoms with Gasteiger partial charge in [0.05, 0.1) is 12.5 Å². The minimum absolute atomic E-state index is 0.0567. The van der Waals surface area contributed by atoms with Gasteiger partial charge in [-0.1, -0.05) is 60.7 Å². The Labute approximate surface area is 154 Å². The van der Waals surface area contributed by atoms with Crippen molar-refractivity contribution in [2.75, 3.05) is 6.54 Å². The van der Waals surface area contributed by atoms with Crippen LogP contribution in [0.25, 0.3) is 0 Å². The molecule has 0 radical (unpaired) electrons. The fourth-order valence-electron chi connectivity index (χ4n) is 3.76. The van der Waals surface area contributed by atoms with Gasteiger partial charge in [-0.15, -0.1) is 0 Å². The van der Waals surface area contributed by atoms with Crippen LogP contribution in [-0.2, 0) is 20.9 Å². The first-order valence-corrected chi connectivity index (χ1v) is 9.17. The molecule has 2 atom stereocenters. The molecule has 4 nitrogen and oxygen atoms in total. The van der Waals surface area contributed by atoms with Crippen molar-refractivity contribution < 1.29 is 14.3 Å². The van der Waals surface area contributed by atoms with E-state index < -0.39 is 0 Å². The lowest BCUT2D eigenvalue weighted by molar-refractivity contribution is -0.149. The number of rotatable bonds is 5. The van der Waals surface area contributed by atoms with E-state index in [9.17, 15) is 9.59 Å².